The largest absolute Gasteiger partial charge is 0.419 e. The van der Waals surface area contributed by atoms with Crippen LogP contribution in [0.15, 0.2) is 0 Å². The summed E-state index contributed by atoms with van der Waals surface area (Å²) < 4.78 is 15.3. The van der Waals surface area contributed by atoms with E-state index in [2.05, 4.69) is 0 Å². The number of nitrogens with two attached hydrogens (primary N) is 1. The molecule has 0 radical (unpaired) electrons. The minimum absolute atomic E-state index is 0.213. The molecular weight excluding hydrogens is 174 g/mol. The minimum Gasteiger partial charge on any atom is -0.419 e. The molecule has 0 saturated heterocycles. The van der Waals surface area contributed by atoms with E-state index >= 15 is 0 Å². The standard InChI is InChI=1S/C7H19NO3Si/c1-9-7(10-2)6-11-12-5-3-4-8/h7H,3-6,8,12H2,1-2H3. The molecule has 2 N–H and O–H groups in total. The number of ether oxygens (including phenoxy) is 2. The highest BCUT2D eigenvalue weighted by molar-refractivity contribution is 6.26. The second-order valence-electron chi connectivity index (χ2n) is 2.47. The van der Waals surface area contributed by atoms with Gasteiger partial charge in [0, 0.05) is 14.2 Å². The van der Waals surface area contributed by atoms with Crippen LogP contribution in [0.5, 0.6) is 0 Å². The van der Waals surface area contributed by atoms with Gasteiger partial charge in [-0.15, -0.1) is 0 Å². The Balaban J connectivity index is 3.06. The van der Waals surface area contributed by atoms with Gasteiger partial charge in [0.2, 0.25) is 0 Å². The fourth-order valence-electron chi connectivity index (χ4n) is 0.760. The molecule has 12 heavy (non-hydrogen) atoms. The molecule has 0 spiro atoms. The summed E-state index contributed by atoms with van der Waals surface area (Å²) in [4.78, 5) is 0. The van der Waals surface area contributed by atoms with Crippen LogP contribution >= 0.6 is 0 Å². The van der Waals surface area contributed by atoms with E-state index in [1.807, 2.05) is 0 Å². The van der Waals surface area contributed by atoms with Gasteiger partial charge in [-0.2, -0.15) is 0 Å². The van der Waals surface area contributed by atoms with Crippen molar-refractivity contribution in [2.24, 2.45) is 5.73 Å². The summed E-state index contributed by atoms with van der Waals surface area (Å²) in [6.07, 6.45) is 0.854. The monoisotopic (exact) mass is 193 g/mol. The average molecular weight is 193 g/mol. The van der Waals surface area contributed by atoms with Gasteiger partial charge in [0.15, 0.2) is 16.1 Å². The molecule has 0 atom stereocenters. The summed E-state index contributed by atoms with van der Waals surface area (Å²) in [5.74, 6) is 0. The van der Waals surface area contributed by atoms with Crippen molar-refractivity contribution in [1.82, 2.24) is 0 Å². The molecule has 0 aromatic carbocycles. The molecule has 0 heterocycles. The Labute approximate surface area is 76.3 Å². The van der Waals surface area contributed by atoms with E-state index in [1.54, 1.807) is 14.2 Å². The van der Waals surface area contributed by atoms with Crippen LogP contribution in [0.1, 0.15) is 6.42 Å². The van der Waals surface area contributed by atoms with Gasteiger partial charge in [-0.1, -0.05) is 0 Å². The molecule has 4 nitrogen and oxygen atoms in total. The molecule has 0 amide bonds. The van der Waals surface area contributed by atoms with Gasteiger partial charge >= 0.3 is 0 Å². The number of hydrogen-bond donors (Lipinski definition) is 1. The molecule has 0 saturated carbocycles. The lowest BCUT2D eigenvalue weighted by Gasteiger charge is -2.13. The van der Waals surface area contributed by atoms with E-state index in [-0.39, 0.29) is 6.29 Å². The highest BCUT2D eigenvalue weighted by atomic mass is 28.2. The normalized spacial score (nSPS) is 12.0. The lowest BCUT2D eigenvalue weighted by Crippen LogP contribution is -2.21. The van der Waals surface area contributed by atoms with Gasteiger partial charge in [0.25, 0.3) is 0 Å². The zero-order valence-electron chi connectivity index (χ0n) is 7.91. The number of hydrogen-bond acceptors (Lipinski definition) is 4. The van der Waals surface area contributed by atoms with Crippen molar-refractivity contribution < 1.29 is 13.9 Å². The Kier molecular flexibility index (Phi) is 9.19. The van der Waals surface area contributed by atoms with Crippen molar-refractivity contribution in [2.45, 2.75) is 18.8 Å². The summed E-state index contributed by atoms with van der Waals surface area (Å²) in [5.41, 5.74) is 5.34. The lowest BCUT2D eigenvalue weighted by atomic mass is 10.5. The predicted octanol–water partition coefficient (Wildman–Crippen LogP) is -0.527. The fraction of sp³-hybridized carbons (Fsp3) is 1.00. The average Bonchev–Trinajstić information content (AvgIpc) is 2.11. The molecule has 0 aromatic heterocycles. The fourth-order valence-corrected chi connectivity index (χ4v) is 1.82. The van der Waals surface area contributed by atoms with Crippen LogP contribution in [0.2, 0.25) is 6.04 Å². The van der Waals surface area contributed by atoms with Crippen molar-refractivity contribution >= 4 is 9.76 Å². The highest BCUT2D eigenvalue weighted by Crippen LogP contribution is 1.93. The molecule has 0 unspecified atom stereocenters. The van der Waals surface area contributed by atoms with Gasteiger partial charge in [-0.3, -0.25) is 0 Å². The Morgan fingerprint density at radius 2 is 2.00 bits per heavy atom. The maximum absolute atomic E-state index is 5.41. The van der Waals surface area contributed by atoms with E-state index in [9.17, 15) is 0 Å². The minimum atomic E-state index is -0.401. The maximum Gasteiger partial charge on any atom is 0.178 e. The first kappa shape index (κ1) is 12.1. The highest BCUT2D eigenvalue weighted by Gasteiger charge is 2.03. The quantitative estimate of drug-likeness (QED) is 0.320. The molecule has 74 valence electrons. The lowest BCUT2D eigenvalue weighted by molar-refractivity contribution is -0.121. The molecule has 0 bridgehead atoms. The van der Waals surface area contributed by atoms with Crippen LogP contribution < -0.4 is 5.73 Å². The van der Waals surface area contributed by atoms with Crippen LogP contribution in [0.3, 0.4) is 0 Å². The summed E-state index contributed by atoms with van der Waals surface area (Å²) >= 11 is 0. The summed E-state index contributed by atoms with van der Waals surface area (Å²) in [7, 11) is 2.82. The molecule has 0 aliphatic rings. The second kappa shape index (κ2) is 9.15. The molecule has 0 aromatic rings. The molecule has 0 fully saturated rings. The van der Waals surface area contributed by atoms with E-state index < -0.39 is 9.76 Å². The van der Waals surface area contributed by atoms with E-state index in [0.29, 0.717) is 6.61 Å². The van der Waals surface area contributed by atoms with E-state index in [1.165, 1.54) is 0 Å². The number of methoxy groups -OCH3 is 2. The molecule has 5 heteroatoms. The smallest absolute Gasteiger partial charge is 0.178 e. The molecule has 0 rings (SSSR count). The Bertz CT molecular complexity index is 90.7. The summed E-state index contributed by atoms with van der Waals surface area (Å²) in [5, 5.41) is 0. The third-order valence-electron chi connectivity index (χ3n) is 1.52. The van der Waals surface area contributed by atoms with Crippen LogP contribution in [0, 0.1) is 0 Å². The zero-order chi connectivity index (χ0) is 9.23. The van der Waals surface area contributed by atoms with Gasteiger partial charge in [0.05, 0.1) is 6.61 Å². The Morgan fingerprint density at radius 1 is 1.33 bits per heavy atom. The zero-order valence-corrected chi connectivity index (χ0v) is 9.33. The first-order valence-corrected chi connectivity index (χ1v) is 5.76. The Hall–Kier alpha value is 0.0569. The van der Waals surface area contributed by atoms with Gasteiger partial charge in [-0.25, -0.2) is 0 Å². The maximum atomic E-state index is 5.41. The van der Waals surface area contributed by atoms with Crippen LogP contribution in [0.4, 0.5) is 0 Å². The van der Waals surface area contributed by atoms with Crippen LogP contribution in [-0.4, -0.2) is 43.4 Å². The van der Waals surface area contributed by atoms with Gasteiger partial charge < -0.3 is 19.6 Å². The third-order valence-corrected chi connectivity index (χ3v) is 2.84. The third kappa shape index (κ3) is 6.75. The first-order chi connectivity index (χ1) is 5.85. The van der Waals surface area contributed by atoms with Gasteiger partial charge in [0.1, 0.15) is 0 Å². The van der Waals surface area contributed by atoms with Crippen molar-refractivity contribution in [3.63, 3.8) is 0 Å². The first-order valence-electron chi connectivity index (χ1n) is 4.18. The molecule has 0 aliphatic carbocycles. The van der Waals surface area contributed by atoms with Gasteiger partial charge in [-0.05, 0) is 19.0 Å². The molecular formula is C7H19NO3Si. The van der Waals surface area contributed by atoms with E-state index in [0.717, 1.165) is 19.0 Å². The Morgan fingerprint density at radius 3 is 2.50 bits per heavy atom. The SMILES string of the molecule is COC(CO[SiH2]CCCN)OC. The van der Waals surface area contributed by atoms with Crippen molar-refractivity contribution in [3.8, 4) is 0 Å². The summed E-state index contributed by atoms with van der Waals surface area (Å²) in [6, 6.07) is 1.14. The van der Waals surface area contributed by atoms with Crippen molar-refractivity contribution in [3.05, 3.63) is 0 Å². The molecule has 0 aliphatic heterocycles. The van der Waals surface area contributed by atoms with Crippen molar-refractivity contribution in [1.29, 1.82) is 0 Å². The predicted molar refractivity (Wildman–Crippen MR) is 50.8 cm³/mol. The van der Waals surface area contributed by atoms with Crippen LogP contribution in [0.25, 0.3) is 0 Å². The topological polar surface area (TPSA) is 53.7 Å². The second-order valence-corrected chi connectivity index (χ2v) is 4.00. The number of rotatable bonds is 8. The van der Waals surface area contributed by atoms with Crippen LogP contribution in [-0.2, 0) is 13.9 Å². The summed E-state index contributed by atoms with van der Waals surface area (Å²) in [6.45, 7) is 1.30. The van der Waals surface area contributed by atoms with E-state index in [4.69, 9.17) is 19.6 Å². The van der Waals surface area contributed by atoms with Crippen molar-refractivity contribution in [2.75, 3.05) is 27.4 Å².